The van der Waals surface area contributed by atoms with E-state index >= 15 is 0 Å². The van der Waals surface area contributed by atoms with Crippen LogP contribution in [0.5, 0.6) is 0 Å². The number of aromatic nitrogens is 3. The lowest BCUT2D eigenvalue weighted by Gasteiger charge is -2.27. The summed E-state index contributed by atoms with van der Waals surface area (Å²) in [4.78, 5) is 13.4. The highest BCUT2D eigenvalue weighted by Gasteiger charge is 2.19. The minimum absolute atomic E-state index is 0.398. The lowest BCUT2D eigenvalue weighted by molar-refractivity contribution is 0.520. The van der Waals surface area contributed by atoms with E-state index in [2.05, 4.69) is 57.9 Å². The summed E-state index contributed by atoms with van der Waals surface area (Å²) in [6, 6.07) is 13.1. The quantitative estimate of drug-likeness (QED) is 0.532. The van der Waals surface area contributed by atoms with Gasteiger partial charge in [0.25, 0.3) is 0 Å². The minimum atomic E-state index is 0.398. The molecule has 2 N–H and O–H groups in total. The minimum Gasteiger partial charge on any atom is -0.357 e. The Morgan fingerprint density at radius 2 is 2.07 bits per heavy atom. The van der Waals surface area contributed by atoms with Gasteiger partial charge < -0.3 is 10.6 Å². The first kappa shape index (κ1) is 18.2. The second-order valence-electron chi connectivity index (χ2n) is 7.00. The van der Waals surface area contributed by atoms with Crippen LogP contribution in [-0.2, 0) is 19.4 Å². The number of hydrogen-bond acceptors (Lipinski definition) is 3. The molecule has 1 aromatic carbocycles. The zero-order valence-electron chi connectivity index (χ0n) is 16.2. The lowest BCUT2D eigenvalue weighted by Crippen LogP contribution is -2.45. The maximum absolute atomic E-state index is 4.83. The molecule has 0 fully saturated rings. The van der Waals surface area contributed by atoms with E-state index in [1.807, 2.05) is 16.8 Å². The Labute approximate surface area is 165 Å². The van der Waals surface area contributed by atoms with Crippen molar-refractivity contribution in [1.29, 1.82) is 0 Å². The average molecular weight is 374 g/mol. The van der Waals surface area contributed by atoms with Crippen LogP contribution in [0.1, 0.15) is 30.0 Å². The van der Waals surface area contributed by atoms with Crippen molar-refractivity contribution in [2.75, 3.05) is 6.54 Å². The Kier molecular flexibility index (Phi) is 5.66. The van der Waals surface area contributed by atoms with Gasteiger partial charge in [0.05, 0.1) is 6.54 Å². The Balaban J connectivity index is 1.48. The summed E-state index contributed by atoms with van der Waals surface area (Å²) in [5, 5.41) is 7.00. The van der Waals surface area contributed by atoms with Crippen LogP contribution in [-0.4, -0.2) is 33.1 Å². The summed E-state index contributed by atoms with van der Waals surface area (Å²) < 4.78 is 1.92. The number of pyridine rings is 1. The second kappa shape index (κ2) is 8.69. The van der Waals surface area contributed by atoms with Crippen molar-refractivity contribution < 1.29 is 0 Å². The number of aryl methyl sites for hydroxylation is 1. The van der Waals surface area contributed by atoms with Gasteiger partial charge in [-0.25, -0.2) is 15.0 Å². The molecular weight excluding hydrogens is 348 g/mol. The van der Waals surface area contributed by atoms with Crippen LogP contribution in [0.15, 0.2) is 66.3 Å². The van der Waals surface area contributed by atoms with Crippen molar-refractivity contribution in [2.24, 2.45) is 4.99 Å². The number of fused-ring (bicyclic) bond motifs is 1. The Bertz CT molecular complexity index is 932. The number of nitrogens with zero attached hydrogens (tertiary/aromatic N) is 4. The van der Waals surface area contributed by atoms with Crippen molar-refractivity contribution in [3.8, 4) is 5.82 Å². The van der Waals surface area contributed by atoms with Crippen LogP contribution in [0.4, 0.5) is 0 Å². The highest BCUT2D eigenvalue weighted by Crippen LogP contribution is 2.21. The molecule has 2 heterocycles. The predicted octanol–water partition coefficient (Wildman–Crippen LogP) is 2.88. The molecule has 0 radical (unpaired) electrons. The van der Waals surface area contributed by atoms with Crippen molar-refractivity contribution in [2.45, 2.75) is 38.8 Å². The molecule has 0 saturated heterocycles. The van der Waals surface area contributed by atoms with Gasteiger partial charge in [-0.3, -0.25) is 4.57 Å². The molecule has 3 aromatic rings. The van der Waals surface area contributed by atoms with Gasteiger partial charge in [0, 0.05) is 36.7 Å². The Morgan fingerprint density at radius 3 is 2.89 bits per heavy atom. The predicted molar refractivity (Wildman–Crippen MR) is 112 cm³/mol. The average Bonchev–Trinajstić information content (AvgIpc) is 3.27. The normalized spacial score (nSPS) is 16.5. The zero-order valence-corrected chi connectivity index (χ0v) is 16.2. The van der Waals surface area contributed by atoms with E-state index in [1.165, 1.54) is 11.1 Å². The number of benzene rings is 1. The first-order valence-corrected chi connectivity index (χ1v) is 9.87. The van der Waals surface area contributed by atoms with E-state index in [0.29, 0.717) is 12.6 Å². The van der Waals surface area contributed by atoms with E-state index in [0.717, 1.165) is 43.1 Å². The number of aliphatic imine (C=N–C) groups is 1. The maximum Gasteiger partial charge on any atom is 0.191 e. The van der Waals surface area contributed by atoms with Crippen molar-refractivity contribution in [3.63, 3.8) is 0 Å². The Morgan fingerprint density at radius 1 is 1.18 bits per heavy atom. The van der Waals surface area contributed by atoms with Crippen LogP contribution < -0.4 is 10.6 Å². The molecule has 0 bridgehead atoms. The van der Waals surface area contributed by atoms with Crippen LogP contribution in [0.25, 0.3) is 5.82 Å². The molecular formula is C22H26N6. The Hall–Kier alpha value is -3.15. The SMILES string of the molecule is CCNC(=NCc1cccnc1-n1ccnc1)NC1CCc2ccccc2C1. The molecule has 4 rings (SSSR count). The molecule has 144 valence electrons. The van der Waals surface area contributed by atoms with E-state index < -0.39 is 0 Å². The van der Waals surface area contributed by atoms with Crippen molar-refractivity contribution >= 4 is 5.96 Å². The molecule has 6 nitrogen and oxygen atoms in total. The largest absolute Gasteiger partial charge is 0.357 e. The van der Waals surface area contributed by atoms with Crippen LogP contribution in [0.2, 0.25) is 0 Å². The summed E-state index contributed by atoms with van der Waals surface area (Å²) in [7, 11) is 0. The van der Waals surface area contributed by atoms with Crippen LogP contribution in [0.3, 0.4) is 0 Å². The van der Waals surface area contributed by atoms with Gasteiger partial charge in [0.1, 0.15) is 12.1 Å². The van der Waals surface area contributed by atoms with Gasteiger partial charge >= 0.3 is 0 Å². The summed E-state index contributed by atoms with van der Waals surface area (Å²) in [6.45, 7) is 3.48. The number of guanidine groups is 1. The van der Waals surface area contributed by atoms with Crippen LogP contribution >= 0.6 is 0 Å². The van der Waals surface area contributed by atoms with Crippen molar-refractivity contribution in [1.82, 2.24) is 25.2 Å². The van der Waals surface area contributed by atoms with Gasteiger partial charge in [-0.1, -0.05) is 30.3 Å². The van der Waals surface area contributed by atoms with E-state index in [-0.39, 0.29) is 0 Å². The second-order valence-corrected chi connectivity index (χ2v) is 7.00. The van der Waals surface area contributed by atoms with Gasteiger partial charge in [0.2, 0.25) is 0 Å². The molecule has 28 heavy (non-hydrogen) atoms. The van der Waals surface area contributed by atoms with Gasteiger partial charge in [0.15, 0.2) is 5.96 Å². The van der Waals surface area contributed by atoms with E-state index in [9.17, 15) is 0 Å². The van der Waals surface area contributed by atoms with E-state index in [1.54, 1.807) is 18.7 Å². The molecule has 1 unspecified atom stereocenters. The lowest BCUT2D eigenvalue weighted by atomic mass is 9.88. The summed E-state index contributed by atoms with van der Waals surface area (Å²) in [6.07, 6.45) is 10.5. The third kappa shape index (κ3) is 4.22. The molecule has 0 amide bonds. The third-order valence-electron chi connectivity index (χ3n) is 5.06. The molecule has 0 aliphatic heterocycles. The standard InChI is InChI=1S/C22H26N6/c1-2-24-22(27-20-10-9-17-6-3-4-7-18(17)14-20)26-15-19-8-5-11-25-21(19)28-13-12-23-16-28/h3-8,11-13,16,20H,2,9-10,14-15H2,1H3,(H2,24,26,27). The summed E-state index contributed by atoms with van der Waals surface area (Å²) in [5.41, 5.74) is 3.98. The number of hydrogen-bond donors (Lipinski definition) is 2. The van der Waals surface area contributed by atoms with Gasteiger partial charge in [-0.15, -0.1) is 0 Å². The molecule has 1 aliphatic rings. The molecule has 2 aromatic heterocycles. The highest BCUT2D eigenvalue weighted by atomic mass is 15.2. The topological polar surface area (TPSA) is 67.1 Å². The monoisotopic (exact) mass is 374 g/mol. The molecule has 6 heteroatoms. The fraction of sp³-hybridized carbons (Fsp3) is 0.318. The number of nitrogens with one attached hydrogen (secondary N) is 2. The summed E-state index contributed by atoms with van der Waals surface area (Å²) in [5.74, 6) is 1.72. The van der Waals surface area contributed by atoms with Crippen LogP contribution in [0, 0.1) is 0 Å². The van der Waals surface area contributed by atoms with Gasteiger partial charge in [-0.2, -0.15) is 0 Å². The number of imidazole rings is 1. The summed E-state index contributed by atoms with van der Waals surface area (Å²) >= 11 is 0. The maximum atomic E-state index is 4.83. The first-order valence-electron chi connectivity index (χ1n) is 9.87. The van der Waals surface area contributed by atoms with Gasteiger partial charge in [-0.05, 0) is 43.4 Å². The first-order chi connectivity index (χ1) is 13.8. The molecule has 0 saturated carbocycles. The fourth-order valence-electron chi connectivity index (χ4n) is 3.67. The smallest absolute Gasteiger partial charge is 0.191 e. The molecule has 0 spiro atoms. The zero-order chi connectivity index (χ0) is 19.2. The third-order valence-corrected chi connectivity index (χ3v) is 5.06. The molecule has 1 atom stereocenters. The van der Waals surface area contributed by atoms with E-state index in [4.69, 9.17) is 4.99 Å². The fourth-order valence-corrected chi connectivity index (χ4v) is 3.67. The number of rotatable bonds is 5. The van der Waals surface area contributed by atoms with Crippen molar-refractivity contribution in [3.05, 3.63) is 78.0 Å². The molecule has 1 aliphatic carbocycles. The highest BCUT2D eigenvalue weighted by molar-refractivity contribution is 5.80.